The summed E-state index contributed by atoms with van der Waals surface area (Å²) < 4.78 is 10.6. The predicted molar refractivity (Wildman–Crippen MR) is 107 cm³/mol. The van der Waals surface area contributed by atoms with Gasteiger partial charge in [0.2, 0.25) is 5.91 Å². The highest BCUT2D eigenvalue weighted by molar-refractivity contribution is 6.00. The molecule has 0 aliphatic carbocycles. The first-order chi connectivity index (χ1) is 13.5. The van der Waals surface area contributed by atoms with Crippen LogP contribution in [0.1, 0.15) is 53.8 Å². The fraction of sp³-hybridized carbons (Fsp3) is 0.318. The number of hydrogen-bond donors (Lipinski definition) is 1. The van der Waals surface area contributed by atoms with Gasteiger partial charge >= 0.3 is 5.97 Å². The van der Waals surface area contributed by atoms with Gasteiger partial charge in [0, 0.05) is 17.7 Å². The first kappa shape index (κ1) is 21.2. The SMILES string of the molecule is CCCOc1ccc(C(=O)OCC(=O)c2ccc(NC(=O)CCC)cc2)cc1. The molecular weight excluding hydrogens is 358 g/mol. The minimum Gasteiger partial charge on any atom is -0.494 e. The quantitative estimate of drug-likeness (QED) is 0.490. The van der Waals surface area contributed by atoms with Crippen molar-refractivity contribution in [2.75, 3.05) is 18.5 Å². The lowest BCUT2D eigenvalue weighted by Gasteiger charge is -2.08. The molecule has 0 saturated carbocycles. The maximum Gasteiger partial charge on any atom is 0.338 e. The maximum absolute atomic E-state index is 12.2. The van der Waals surface area contributed by atoms with Crippen LogP contribution < -0.4 is 10.1 Å². The standard InChI is InChI=1S/C22H25NO5/c1-3-5-21(25)23-18-10-6-16(7-11-18)20(24)15-28-22(26)17-8-12-19(13-9-17)27-14-4-2/h6-13H,3-5,14-15H2,1-2H3,(H,23,25). The molecule has 0 radical (unpaired) electrons. The number of amides is 1. The third-order valence-corrected chi connectivity index (χ3v) is 3.86. The third kappa shape index (κ3) is 6.54. The monoisotopic (exact) mass is 383 g/mol. The highest BCUT2D eigenvalue weighted by Gasteiger charge is 2.12. The van der Waals surface area contributed by atoms with E-state index in [4.69, 9.17) is 9.47 Å². The van der Waals surface area contributed by atoms with E-state index in [1.165, 1.54) is 0 Å². The van der Waals surface area contributed by atoms with Gasteiger partial charge in [-0.05, 0) is 61.4 Å². The van der Waals surface area contributed by atoms with Gasteiger partial charge in [-0.3, -0.25) is 9.59 Å². The molecule has 0 saturated heterocycles. The first-order valence-corrected chi connectivity index (χ1v) is 9.36. The molecular formula is C22H25NO5. The van der Waals surface area contributed by atoms with E-state index in [1.54, 1.807) is 48.5 Å². The Labute approximate surface area is 164 Å². The number of nitrogens with one attached hydrogen (secondary N) is 1. The summed E-state index contributed by atoms with van der Waals surface area (Å²) in [6.45, 7) is 4.20. The Balaban J connectivity index is 1.85. The number of carbonyl (C=O) groups is 3. The summed E-state index contributed by atoms with van der Waals surface area (Å²) in [4.78, 5) is 35.9. The van der Waals surface area contributed by atoms with Crippen molar-refractivity contribution < 1.29 is 23.9 Å². The average molecular weight is 383 g/mol. The van der Waals surface area contributed by atoms with Gasteiger partial charge in [-0.1, -0.05) is 13.8 Å². The summed E-state index contributed by atoms with van der Waals surface area (Å²) in [5.41, 5.74) is 1.38. The Kier molecular flexibility index (Phi) is 8.21. The summed E-state index contributed by atoms with van der Waals surface area (Å²) in [5.74, 6) is -0.274. The fourth-order valence-electron chi connectivity index (χ4n) is 2.39. The van der Waals surface area contributed by atoms with E-state index in [1.807, 2.05) is 13.8 Å². The van der Waals surface area contributed by atoms with E-state index >= 15 is 0 Å². The zero-order chi connectivity index (χ0) is 20.4. The van der Waals surface area contributed by atoms with E-state index in [0.717, 1.165) is 12.8 Å². The normalized spacial score (nSPS) is 10.2. The Hall–Kier alpha value is -3.15. The molecule has 148 valence electrons. The van der Waals surface area contributed by atoms with Gasteiger partial charge in [0.1, 0.15) is 5.75 Å². The lowest BCUT2D eigenvalue weighted by Crippen LogP contribution is -2.14. The summed E-state index contributed by atoms with van der Waals surface area (Å²) in [5, 5.41) is 2.75. The van der Waals surface area contributed by atoms with Crippen LogP contribution in [0.5, 0.6) is 5.75 Å². The fourth-order valence-corrected chi connectivity index (χ4v) is 2.39. The van der Waals surface area contributed by atoms with Crippen molar-refractivity contribution in [3.8, 4) is 5.75 Å². The van der Waals surface area contributed by atoms with Crippen LogP contribution in [0, 0.1) is 0 Å². The topological polar surface area (TPSA) is 81.7 Å². The number of rotatable bonds is 10. The summed E-state index contributed by atoms with van der Waals surface area (Å²) >= 11 is 0. The van der Waals surface area contributed by atoms with Crippen LogP contribution in [0.2, 0.25) is 0 Å². The van der Waals surface area contributed by atoms with Crippen LogP contribution in [0.25, 0.3) is 0 Å². The molecule has 0 bridgehead atoms. The molecule has 0 atom stereocenters. The average Bonchev–Trinajstić information content (AvgIpc) is 2.71. The summed E-state index contributed by atoms with van der Waals surface area (Å²) in [6.07, 6.45) is 2.11. The van der Waals surface area contributed by atoms with Crippen molar-refractivity contribution in [3.63, 3.8) is 0 Å². The molecule has 0 aliphatic rings. The molecule has 2 rings (SSSR count). The van der Waals surface area contributed by atoms with Gasteiger partial charge in [-0.15, -0.1) is 0 Å². The van der Waals surface area contributed by atoms with Gasteiger partial charge < -0.3 is 14.8 Å². The molecule has 0 unspecified atom stereocenters. The van der Waals surface area contributed by atoms with Crippen LogP contribution in [-0.4, -0.2) is 30.9 Å². The first-order valence-electron chi connectivity index (χ1n) is 9.36. The Morgan fingerprint density at radius 2 is 1.50 bits per heavy atom. The van der Waals surface area contributed by atoms with Crippen LogP contribution in [0.3, 0.4) is 0 Å². The highest BCUT2D eigenvalue weighted by Crippen LogP contribution is 2.14. The molecule has 1 amide bonds. The Morgan fingerprint density at radius 1 is 0.857 bits per heavy atom. The van der Waals surface area contributed by atoms with Crippen molar-refractivity contribution >= 4 is 23.3 Å². The minimum absolute atomic E-state index is 0.0679. The van der Waals surface area contributed by atoms with Crippen LogP contribution in [0.4, 0.5) is 5.69 Å². The van der Waals surface area contributed by atoms with E-state index in [9.17, 15) is 14.4 Å². The number of esters is 1. The number of carbonyl (C=O) groups excluding carboxylic acids is 3. The van der Waals surface area contributed by atoms with E-state index in [-0.39, 0.29) is 18.3 Å². The number of ketones is 1. The minimum atomic E-state index is -0.571. The lowest BCUT2D eigenvalue weighted by molar-refractivity contribution is -0.116. The molecule has 2 aromatic carbocycles. The molecule has 0 aromatic heterocycles. The van der Waals surface area contributed by atoms with Gasteiger partial charge in [0.05, 0.1) is 12.2 Å². The van der Waals surface area contributed by atoms with E-state index in [0.29, 0.717) is 35.6 Å². The molecule has 28 heavy (non-hydrogen) atoms. The van der Waals surface area contributed by atoms with Crippen molar-refractivity contribution in [1.29, 1.82) is 0 Å². The van der Waals surface area contributed by atoms with Gasteiger partial charge in [0.15, 0.2) is 12.4 Å². The Bertz CT molecular complexity index is 797. The molecule has 6 heteroatoms. The number of ether oxygens (including phenoxy) is 2. The van der Waals surface area contributed by atoms with Gasteiger partial charge in [-0.25, -0.2) is 4.79 Å². The summed E-state index contributed by atoms with van der Waals surface area (Å²) in [6, 6.07) is 13.1. The van der Waals surface area contributed by atoms with E-state index in [2.05, 4.69) is 5.32 Å². The predicted octanol–water partition coefficient (Wildman–Crippen LogP) is 4.25. The molecule has 6 nitrogen and oxygen atoms in total. The molecule has 0 heterocycles. The molecule has 0 aliphatic heterocycles. The Morgan fingerprint density at radius 3 is 2.11 bits per heavy atom. The second-order valence-electron chi connectivity index (χ2n) is 6.25. The van der Waals surface area contributed by atoms with Crippen LogP contribution in [0.15, 0.2) is 48.5 Å². The molecule has 1 N–H and O–H groups in total. The second-order valence-corrected chi connectivity index (χ2v) is 6.25. The number of benzene rings is 2. The van der Waals surface area contributed by atoms with Gasteiger partial charge in [0.25, 0.3) is 0 Å². The van der Waals surface area contributed by atoms with Crippen molar-refractivity contribution in [1.82, 2.24) is 0 Å². The molecule has 2 aromatic rings. The van der Waals surface area contributed by atoms with Gasteiger partial charge in [-0.2, -0.15) is 0 Å². The molecule has 0 spiro atoms. The van der Waals surface area contributed by atoms with Crippen LogP contribution in [-0.2, 0) is 9.53 Å². The third-order valence-electron chi connectivity index (χ3n) is 3.86. The summed E-state index contributed by atoms with van der Waals surface area (Å²) in [7, 11) is 0. The number of Topliss-reactive ketones (excluding diaryl/α,β-unsaturated/α-hetero) is 1. The molecule has 0 fully saturated rings. The largest absolute Gasteiger partial charge is 0.494 e. The van der Waals surface area contributed by atoms with Crippen molar-refractivity contribution in [3.05, 3.63) is 59.7 Å². The van der Waals surface area contributed by atoms with Crippen molar-refractivity contribution in [2.24, 2.45) is 0 Å². The zero-order valence-corrected chi connectivity index (χ0v) is 16.2. The maximum atomic E-state index is 12.2. The van der Waals surface area contributed by atoms with Crippen molar-refractivity contribution in [2.45, 2.75) is 33.1 Å². The highest BCUT2D eigenvalue weighted by atomic mass is 16.5. The number of hydrogen-bond acceptors (Lipinski definition) is 5. The lowest BCUT2D eigenvalue weighted by atomic mass is 10.1. The number of anilines is 1. The van der Waals surface area contributed by atoms with Crippen LogP contribution >= 0.6 is 0 Å². The van der Waals surface area contributed by atoms with E-state index < -0.39 is 5.97 Å². The zero-order valence-electron chi connectivity index (χ0n) is 16.2. The second kappa shape index (κ2) is 10.9. The smallest absolute Gasteiger partial charge is 0.338 e.